The molecule has 1 aliphatic carbocycles. The summed E-state index contributed by atoms with van der Waals surface area (Å²) in [5.41, 5.74) is 4.50. The van der Waals surface area contributed by atoms with Gasteiger partial charge < -0.3 is 9.88 Å². The number of halogens is 2. The van der Waals surface area contributed by atoms with Crippen molar-refractivity contribution in [2.45, 2.75) is 38.3 Å². The van der Waals surface area contributed by atoms with Crippen molar-refractivity contribution in [2.75, 3.05) is 0 Å². The number of hydrogen-bond donors (Lipinski definition) is 1. The van der Waals surface area contributed by atoms with Gasteiger partial charge in [-0.05, 0) is 61.1 Å². The molecule has 2 aliphatic rings. The summed E-state index contributed by atoms with van der Waals surface area (Å²) < 4.78 is 29.7. The van der Waals surface area contributed by atoms with E-state index in [0.717, 1.165) is 24.7 Å². The highest BCUT2D eigenvalue weighted by atomic mass is 32.1. The van der Waals surface area contributed by atoms with Crippen LogP contribution in [0.15, 0.2) is 36.5 Å². The number of hydrogen-bond acceptors (Lipinski definition) is 2. The van der Waals surface area contributed by atoms with E-state index in [2.05, 4.69) is 16.1 Å². The number of thiophene rings is 1. The molecule has 0 fully saturated rings. The van der Waals surface area contributed by atoms with Crippen LogP contribution in [0.3, 0.4) is 0 Å². The van der Waals surface area contributed by atoms with Crippen LogP contribution in [-0.4, -0.2) is 4.57 Å². The van der Waals surface area contributed by atoms with Gasteiger partial charge in [0.1, 0.15) is 16.6 Å². The zero-order chi connectivity index (χ0) is 17.0. The highest BCUT2D eigenvalue weighted by molar-refractivity contribution is 7.15. The summed E-state index contributed by atoms with van der Waals surface area (Å²) in [6.07, 6.45) is 6.88. The van der Waals surface area contributed by atoms with E-state index in [-0.39, 0.29) is 6.04 Å². The Morgan fingerprint density at radius 1 is 1.04 bits per heavy atom. The number of benzene rings is 1. The Labute approximate surface area is 149 Å². The van der Waals surface area contributed by atoms with Crippen LogP contribution in [-0.2, 0) is 19.4 Å². The second-order valence-corrected chi connectivity index (χ2v) is 7.90. The fourth-order valence-electron chi connectivity index (χ4n) is 4.15. The van der Waals surface area contributed by atoms with Crippen LogP contribution in [0, 0.1) is 11.6 Å². The Bertz CT molecular complexity index is 937. The number of aromatic nitrogens is 1. The first-order valence-corrected chi connectivity index (χ1v) is 9.53. The molecule has 128 valence electrons. The van der Waals surface area contributed by atoms with Crippen LogP contribution in [0.5, 0.6) is 0 Å². The first-order valence-electron chi connectivity index (χ1n) is 8.71. The van der Waals surface area contributed by atoms with Gasteiger partial charge in [-0.3, -0.25) is 0 Å². The van der Waals surface area contributed by atoms with E-state index in [0.29, 0.717) is 5.56 Å². The lowest BCUT2D eigenvalue weighted by atomic mass is 9.95. The first kappa shape index (κ1) is 15.3. The summed E-state index contributed by atoms with van der Waals surface area (Å²) in [6.45, 7) is 0.728. The van der Waals surface area contributed by atoms with E-state index >= 15 is 0 Å². The number of nitrogens with one attached hydrogen (secondary N) is 1. The van der Waals surface area contributed by atoms with Gasteiger partial charge in [0.05, 0.1) is 6.04 Å². The number of fused-ring (bicyclic) bond motifs is 5. The van der Waals surface area contributed by atoms with Gasteiger partial charge in [-0.15, -0.1) is 11.3 Å². The Kier molecular flexibility index (Phi) is 3.54. The first-order chi connectivity index (χ1) is 12.2. The Morgan fingerprint density at radius 3 is 2.68 bits per heavy atom. The van der Waals surface area contributed by atoms with E-state index in [1.807, 2.05) is 23.5 Å². The monoisotopic (exact) mass is 356 g/mol. The van der Waals surface area contributed by atoms with Crippen molar-refractivity contribution in [3.8, 4) is 5.00 Å². The third kappa shape index (κ3) is 2.45. The van der Waals surface area contributed by atoms with Gasteiger partial charge in [-0.1, -0.05) is 0 Å². The molecular weight excluding hydrogens is 338 g/mol. The average Bonchev–Trinajstić information content (AvgIpc) is 3.16. The minimum absolute atomic E-state index is 0.223. The smallest absolute Gasteiger partial charge is 0.126 e. The SMILES string of the molecule is Fc1cc(F)cc([C@H]2NCc3c(sc4c3CCCC4)-n3cccc32)c1. The maximum Gasteiger partial charge on any atom is 0.126 e. The topological polar surface area (TPSA) is 17.0 Å². The summed E-state index contributed by atoms with van der Waals surface area (Å²) >= 11 is 1.88. The molecule has 3 aromatic rings. The van der Waals surface area contributed by atoms with Crippen molar-refractivity contribution in [1.29, 1.82) is 0 Å². The molecule has 5 rings (SSSR count). The third-order valence-electron chi connectivity index (χ3n) is 5.26. The number of nitrogens with zero attached hydrogens (tertiary/aromatic N) is 1. The van der Waals surface area contributed by atoms with Crippen molar-refractivity contribution in [1.82, 2.24) is 9.88 Å². The van der Waals surface area contributed by atoms with Crippen molar-refractivity contribution >= 4 is 11.3 Å². The number of rotatable bonds is 1. The fourth-order valence-corrected chi connectivity index (χ4v) is 5.56. The van der Waals surface area contributed by atoms with Crippen molar-refractivity contribution in [2.24, 2.45) is 0 Å². The molecule has 2 nitrogen and oxygen atoms in total. The van der Waals surface area contributed by atoms with Crippen LogP contribution in [0.1, 0.15) is 46.1 Å². The molecule has 2 aromatic heterocycles. The summed E-state index contributed by atoms with van der Waals surface area (Å²) in [6, 6.07) is 7.59. The van der Waals surface area contributed by atoms with Crippen LogP contribution in [0.25, 0.3) is 5.00 Å². The van der Waals surface area contributed by atoms with Gasteiger partial charge >= 0.3 is 0 Å². The molecule has 0 radical (unpaired) electrons. The standard InChI is InChI=1S/C20H18F2N2S/c21-13-8-12(9-14(22)10-13)19-17-5-3-7-24(17)20-16(11-23-19)15-4-1-2-6-18(15)25-20/h3,5,7-10,19,23H,1-2,4,6,11H2/t19-/m1/s1. The van der Waals surface area contributed by atoms with Gasteiger partial charge in [0, 0.05) is 34.9 Å². The largest absolute Gasteiger partial charge is 0.310 e. The average molecular weight is 356 g/mol. The van der Waals surface area contributed by atoms with E-state index in [4.69, 9.17) is 0 Å². The van der Waals surface area contributed by atoms with E-state index in [9.17, 15) is 8.78 Å². The Balaban J connectivity index is 1.65. The molecule has 1 aromatic carbocycles. The predicted octanol–water partition coefficient (Wildman–Crippen LogP) is 4.89. The molecule has 0 unspecified atom stereocenters. The fraction of sp³-hybridized carbons (Fsp3) is 0.300. The second kappa shape index (κ2) is 5.78. The van der Waals surface area contributed by atoms with Gasteiger partial charge in [-0.25, -0.2) is 8.78 Å². The molecule has 0 saturated heterocycles. The molecule has 3 heterocycles. The zero-order valence-electron chi connectivity index (χ0n) is 13.7. The molecular formula is C20H18F2N2S. The quantitative estimate of drug-likeness (QED) is 0.657. The van der Waals surface area contributed by atoms with Gasteiger partial charge in [0.2, 0.25) is 0 Å². The van der Waals surface area contributed by atoms with Gasteiger partial charge in [-0.2, -0.15) is 0 Å². The van der Waals surface area contributed by atoms with E-state index in [1.165, 1.54) is 52.4 Å². The molecule has 25 heavy (non-hydrogen) atoms. The Morgan fingerprint density at radius 2 is 1.84 bits per heavy atom. The third-order valence-corrected chi connectivity index (χ3v) is 6.59. The molecule has 5 heteroatoms. The molecule has 0 amide bonds. The number of aryl methyl sites for hydroxylation is 1. The lowest BCUT2D eigenvalue weighted by Crippen LogP contribution is -2.22. The van der Waals surface area contributed by atoms with Crippen molar-refractivity contribution < 1.29 is 8.78 Å². The lowest BCUT2D eigenvalue weighted by Gasteiger charge is -2.19. The highest BCUT2D eigenvalue weighted by Gasteiger charge is 2.28. The maximum atomic E-state index is 13.7. The highest BCUT2D eigenvalue weighted by Crippen LogP contribution is 2.40. The molecule has 0 saturated carbocycles. The normalized spacial score (nSPS) is 19.0. The molecule has 0 bridgehead atoms. The van der Waals surface area contributed by atoms with Crippen LogP contribution < -0.4 is 5.32 Å². The van der Waals surface area contributed by atoms with Crippen molar-refractivity contribution in [3.63, 3.8) is 0 Å². The van der Waals surface area contributed by atoms with E-state index < -0.39 is 11.6 Å². The molecule has 1 atom stereocenters. The molecule has 1 aliphatic heterocycles. The molecule has 0 spiro atoms. The maximum absolute atomic E-state index is 13.7. The van der Waals surface area contributed by atoms with Crippen LogP contribution >= 0.6 is 11.3 Å². The van der Waals surface area contributed by atoms with Gasteiger partial charge in [0.25, 0.3) is 0 Å². The second-order valence-electron chi connectivity index (χ2n) is 6.81. The summed E-state index contributed by atoms with van der Waals surface area (Å²) in [4.78, 5) is 1.51. The lowest BCUT2D eigenvalue weighted by molar-refractivity contribution is 0.556. The summed E-state index contributed by atoms with van der Waals surface area (Å²) in [5.74, 6) is -1.07. The Hall–Kier alpha value is -1.98. The van der Waals surface area contributed by atoms with Crippen molar-refractivity contribution in [3.05, 3.63) is 75.4 Å². The van der Waals surface area contributed by atoms with Crippen LogP contribution in [0.2, 0.25) is 0 Å². The molecule has 1 N–H and O–H groups in total. The minimum Gasteiger partial charge on any atom is -0.310 e. The zero-order valence-corrected chi connectivity index (χ0v) is 14.5. The summed E-state index contributed by atoms with van der Waals surface area (Å²) in [5, 5.41) is 4.80. The predicted molar refractivity (Wildman–Crippen MR) is 95.3 cm³/mol. The van der Waals surface area contributed by atoms with E-state index in [1.54, 1.807) is 0 Å². The summed E-state index contributed by atoms with van der Waals surface area (Å²) in [7, 11) is 0. The van der Waals surface area contributed by atoms with Gasteiger partial charge in [0.15, 0.2) is 0 Å². The minimum atomic E-state index is -0.536. The van der Waals surface area contributed by atoms with Crippen LogP contribution in [0.4, 0.5) is 8.78 Å².